The summed E-state index contributed by atoms with van der Waals surface area (Å²) in [6.45, 7) is 0. The lowest BCUT2D eigenvalue weighted by Gasteiger charge is -2.04. The maximum Gasteiger partial charge on any atom is 0.343 e. The Kier molecular flexibility index (Phi) is 3.78. The summed E-state index contributed by atoms with van der Waals surface area (Å²) < 4.78 is 5.22. The van der Waals surface area contributed by atoms with E-state index in [9.17, 15) is 4.79 Å². The first-order valence-corrected chi connectivity index (χ1v) is 5.75. The van der Waals surface area contributed by atoms with Gasteiger partial charge < -0.3 is 4.74 Å². The zero-order chi connectivity index (χ0) is 12.1. The van der Waals surface area contributed by atoms with Crippen molar-refractivity contribution in [1.82, 2.24) is 0 Å². The first kappa shape index (κ1) is 11.7. The summed E-state index contributed by atoms with van der Waals surface area (Å²) in [7, 11) is 0. The number of esters is 1. The van der Waals surface area contributed by atoms with Crippen molar-refractivity contribution < 1.29 is 9.53 Å². The van der Waals surface area contributed by atoms with Gasteiger partial charge in [0.15, 0.2) is 0 Å². The van der Waals surface area contributed by atoms with Gasteiger partial charge in [-0.05, 0) is 29.8 Å². The smallest absolute Gasteiger partial charge is 0.343 e. The van der Waals surface area contributed by atoms with Gasteiger partial charge in [0.05, 0.1) is 5.56 Å². The highest BCUT2D eigenvalue weighted by molar-refractivity contribution is 6.17. The van der Waals surface area contributed by atoms with Crippen LogP contribution in [-0.2, 0) is 5.88 Å². The third-order valence-electron chi connectivity index (χ3n) is 2.30. The van der Waals surface area contributed by atoms with Crippen molar-refractivity contribution in [2.75, 3.05) is 0 Å². The molecule has 17 heavy (non-hydrogen) atoms. The Balaban J connectivity index is 2.08. The molecule has 0 bridgehead atoms. The molecule has 2 rings (SSSR count). The van der Waals surface area contributed by atoms with E-state index in [4.69, 9.17) is 16.3 Å². The highest BCUT2D eigenvalue weighted by atomic mass is 35.5. The van der Waals surface area contributed by atoms with Crippen molar-refractivity contribution >= 4 is 17.6 Å². The van der Waals surface area contributed by atoms with Crippen LogP contribution in [0.15, 0.2) is 54.6 Å². The molecule has 0 unspecified atom stereocenters. The summed E-state index contributed by atoms with van der Waals surface area (Å²) in [4.78, 5) is 11.7. The fourth-order valence-corrected chi connectivity index (χ4v) is 1.56. The molecule has 0 amide bonds. The van der Waals surface area contributed by atoms with Crippen LogP contribution in [-0.4, -0.2) is 5.97 Å². The molecule has 0 atom stereocenters. The van der Waals surface area contributed by atoms with E-state index in [1.807, 2.05) is 18.2 Å². The van der Waals surface area contributed by atoms with Crippen LogP contribution in [0.2, 0.25) is 0 Å². The van der Waals surface area contributed by atoms with Gasteiger partial charge in [0.2, 0.25) is 0 Å². The number of ether oxygens (including phenoxy) is 1. The van der Waals surface area contributed by atoms with E-state index in [1.54, 1.807) is 36.4 Å². The van der Waals surface area contributed by atoms with Crippen molar-refractivity contribution in [2.24, 2.45) is 0 Å². The molecule has 2 aromatic carbocycles. The van der Waals surface area contributed by atoms with E-state index in [2.05, 4.69) is 0 Å². The molecule has 0 aliphatic rings. The Bertz CT molecular complexity index is 491. The number of hydrogen-bond acceptors (Lipinski definition) is 2. The van der Waals surface area contributed by atoms with Gasteiger partial charge in [-0.1, -0.05) is 30.3 Å². The number of rotatable bonds is 3. The number of carbonyl (C=O) groups is 1. The molecule has 3 heteroatoms. The highest BCUT2D eigenvalue weighted by Crippen LogP contribution is 2.15. The van der Waals surface area contributed by atoms with Gasteiger partial charge in [-0.25, -0.2) is 4.79 Å². The lowest BCUT2D eigenvalue weighted by molar-refractivity contribution is 0.0735. The van der Waals surface area contributed by atoms with Crippen molar-refractivity contribution in [1.29, 1.82) is 0 Å². The molecule has 0 heterocycles. The van der Waals surface area contributed by atoms with Crippen LogP contribution < -0.4 is 4.74 Å². The lowest BCUT2D eigenvalue weighted by Crippen LogP contribution is -2.07. The van der Waals surface area contributed by atoms with Crippen LogP contribution in [0.3, 0.4) is 0 Å². The van der Waals surface area contributed by atoms with Gasteiger partial charge in [0, 0.05) is 5.88 Å². The zero-order valence-electron chi connectivity index (χ0n) is 9.10. The van der Waals surface area contributed by atoms with Gasteiger partial charge in [0.1, 0.15) is 5.75 Å². The van der Waals surface area contributed by atoms with Crippen LogP contribution in [0.25, 0.3) is 0 Å². The van der Waals surface area contributed by atoms with Crippen molar-refractivity contribution in [3.8, 4) is 5.75 Å². The molecule has 0 aliphatic heterocycles. The Hall–Kier alpha value is -1.80. The van der Waals surface area contributed by atoms with Crippen LogP contribution in [0.4, 0.5) is 0 Å². The molecule has 0 fully saturated rings. The molecule has 86 valence electrons. The minimum atomic E-state index is -0.357. The van der Waals surface area contributed by atoms with Crippen LogP contribution in [0.1, 0.15) is 15.9 Å². The molecular weight excluding hydrogens is 236 g/mol. The van der Waals surface area contributed by atoms with Crippen LogP contribution in [0.5, 0.6) is 5.75 Å². The lowest BCUT2D eigenvalue weighted by atomic mass is 10.2. The summed E-state index contributed by atoms with van der Waals surface area (Å²) in [6.07, 6.45) is 0. The maximum absolute atomic E-state index is 11.7. The Morgan fingerprint density at radius 3 is 2.24 bits per heavy atom. The number of halogens is 1. The first-order chi connectivity index (χ1) is 8.29. The Morgan fingerprint density at radius 1 is 1.00 bits per heavy atom. The average molecular weight is 247 g/mol. The van der Waals surface area contributed by atoms with E-state index < -0.39 is 0 Å². The fraction of sp³-hybridized carbons (Fsp3) is 0.0714. The standard InChI is InChI=1S/C14H11ClO2/c15-10-11-6-8-13(9-7-11)17-14(16)12-4-2-1-3-5-12/h1-9H,10H2. The van der Waals surface area contributed by atoms with E-state index in [0.717, 1.165) is 5.56 Å². The van der Waals surface area contributed by atoms with Crippen LogP contribution in [0, 0.1) is 0 Å². The van der Waals surface area contributed by atoms with Gasteiger partial charge in [0.25, 0.3) is 0 Å². The molecule has 0 aliphatic carbocycles. The van der Waals surface area contributed by atoms with Gasteiger partial charge in [-0.15, -0.1) is 11.6 Å². The van der Waals surface area contributed by atoms with E-state index in [-0.39, 0.29) is 5.97 Å². The molecule has 2 aromatic rings. The normalized spacial score (nSPS) is 9.94. The summed E-state index contributed by atoms with van der Waals surface area (Å²) in [5.41, 5.74) is 1.53. The average Bonchev–Trinajstić information content (AvgIpc) is 2.40. The Labute approximate surface area is 105 Å². The van der Waals surface area contributed by atoms with Crippen LogP contribution >= 0.6 is 11.6 Å². The molecule has 0 saturated carbocycles. The molecular formula is C14H11ClO2. The summed E-state index contributed by atoms with van der Waals surface area (Å²) in [6, 6.07) is 16.0. The molecule has 0 saturated heterocycles. The maximum atomic E-state index is 11.7. The molecule has 2 nitrogen and oxygen atoms in total. The molecule has 0 N–H and O–H groups in total. The second kappa shape index (κ2) is 5.51. The number of carbonyl (C=O) groups excluding carboxylic acids is 1. The minimum Gasteiger partial charge on any atom is -0.423 e. The molecule has 0 radical (unpaired) electrons. The quantitative estimate of drug-likeness (QED) is 0.470. The van der Waals surface area contributed by atoms with Gasteiger partial charge in [-0.2, -0.15) is 0 Å². The van der Waals surface area contributed by atoms with Gasteiger partial charge >= 0.3 is 5.97 Å². The third-order valence-corrected chi connectivity index (χ3v) is 2.61. The summed E-state index contributed by atoms with van der Waals surface area (Å²) in [5, 5.41) is 0. The first-order valence-electron chi connectivity index (χ1n) is 5.22. The molecule has 0 spiro atoms. The summed E-state index contributed by atoms with van der Waals surface area (Å²) in [5.74, 6) is 0.615. The molecule has 0 aromatic heterocycles. The van der Waals surface area contributed by atoms with E-state index >= 15 is 0 Å². The SMILES string of the molecule is O=C(Oc1ccc(CCl)cc1)c1ccccc1. The van der Waals surface area contributed by atoms with Crippen molar-refractivity contribution in [3.63, 3.8) is 0 Å². The monoisotopic (exact) mass is 246 g/mol. The zero-order valence-corrected chi connectivity index (χ0v) is 9.85. The topological polar surface area (TPSA) is 26.3 Å². The number of hydrogen-bond donors (Lipinski definition) is 0. The predicted molar refractivity (Wildman–Crippen MR) is 67.4 cm³/mol. The Morgan fingerprint density at radius 2 is 1.65 bits per heavy atom. The van der Waals surface area contributed by atoms with Gasteiger partial charge in [-0.3, -0.25) is 0 Å². The minimum absolute atomic E-state index is 0.357. The van der Waals surface area contributed by atoms with E-state index in [1.165, 1.54) is 0 Å². The van der Waals surface area contributed by atoms with E-state index in [0.29, 0.717) is 17.2 Å². The highest BCUT2D eigenvalue weighted by Gasteiger charge is 2.07. The third kappa shape index (κ3) is 3.08. The van der Waals surface area contributed by atoms with Crippen molar-refractivity contribution in [2.45, 2.75) is 5.88 Å². The number of alkyl halides is 1. The predicted octanol–water partition coefficient (Wildman–Crippen LogP) is 3.64. The van der Waals surface area contributed by atoms with Crippen molar-refractivity contribution in [3.05, 3.63) is 65.7 Å². The second-order valence-electron chi connectivity index (χ2n) is 3.53. The fourth-order valence-electron chi connectivity index (χ4n) is 1.39. The number of benzene rings is 2. The largest absolute Gasteiger partial charge is 0.423 e. The summed E-state index contributed by atoms with van der Waals surface area (Å²) >= 11 is 5.67. The second-order valence-corrected chi connectivity index (χ2v) is 3.80.